The van der Waals surface area contributed by atoms with Crippen LogP contribution in [0.5, 0.6) is 11.5 Å². The first kappa shape index (κ1) is 18.3. The largest absolute Gasteiger partial charge is 0.503 e. The molecule has 0 radical (unpaired) electrons. The fourth-order valence-electron chi connectivity index (χ4n) is 1.78. The van der Waals surface area contributed by atoms with Crippen LogP contribution in [0.3, 0.4) is 0 Å². The number of nitrogens with one attached hydrogen (secondary N) is 2. The molecule has 0 heterocycles. The summed E-state index contributed by atoms with van der Waals surface area (Å²) in [6.45, 7) is 2.06. The average Bonchev–Trinajstić information content (AvgIpc) is 2.57. The number of hydrazone groups is 1. The Kier molecular flexibility index (Phi) is 6.22. The predicted octanol–water partition coefficient (Wildman–Crippen LogP) is 3.49. The Hall–Kier alpha value is -2.06. The number of aryl methyl sites for hydroxylation is 1. The van der Waals surface area contributed by atoms with Crippen LogP contribution in [-0.2, 0) is 4.79 Å². The summed E-state index contributed by atoms with van der Waals surface area (Å²) in [6, 6.07) is 9.23. The molecule has 0 spiro atoms. The lowest BCUT2D eigenvalue weighted by Crippen LogP contribution is -2.25. The summed E-state index contributed by atoms with van der Waals surface area (Å²) in [7, 11) is 0. The Labute approximate surface area is 155 Å². The first-order valence-corrected chi connectivity index (χ1v) is 8.49. The van der Waals surface area contributed by atoms with Gasteiger partial charge in [-0.2, -0.15) is 5.10 Å². The van der Waals surface area contributed by atoms with E-state index >= 15 is 0 Å². The van der Waals surface area contributed by atoms with Crippen molar-refractivity contribution in [2.75, 3.05) is 11.9 Å². The highest BCUT2D eigenvalue weighted by atomic mass is 79.9. The van der Waals surface area contributed by atoms with Gasteiger partial charge < -0.3 is 15.5 Å². The average molecular weight is 457 g/mol. The molecule has 24 heavy (non-hydrogen) atoms. The fraction of sp³-hybridized carbons (Fsp3) is 0.125. The highest BCUT2D eigenvalue weighted by molar-refractivity contribution is 9.11. The van der Waals surface area contributed by atoms with Gasteiger partial charge in [0.1, 0.15) is 0 Å². The maximum Gasteiger partial charge on any atom is 0.259 e. The van der Waals surface area contributed by atoms with Crippen LogP contribution in [0, 0.1) is 6.92 Å². The lowest BCUT2D eigenvalue weighted by molar-refractivity contribution is -0.119. The van der Waals surface area contributed by atoms with Crippen LogP contribution >= 0.6 is 31.9 Å². The minimum atomic E-state index is -0.315. The van der Waals surface area contributed by atoms with Crippen LogP contribution in [0.2, 0.25) is 0 Å². The first-order chi connectivity index (χ1) is 11.4. The summed E-state index contributed by atoms with van der Waals surface area (Å²) in [5.41, 5.74) is 4.86. The summed E-state index contributed by atoms with van der Waals surface area (Å²) >= 11 is 6.27. The summed E-state index contributed by atoms with van der Waals surface area (Å²) in [5, 5.41) is 26.1. The van der Waals surface area contributed by atoms with Gasteiger partial charge in [-0.1, -0.05) is 17.7 Å². The quantitative estimate of drug-likeness (QED) is 0.314. The number of amides is 1. The number of rotatable bonds is 5. The Morgan fingerprint density at radius 3 is 2.54 bits per heavy atom. The molecule has 4 N–H and O–H groups in total. The van der Waals surface area contributed by atoms with Gasteiger partial charge in [0.2, 0.25) is 0 Å². The molecule has 2 aromatic rings. The molecule has 1 amide bonds. The number of anilines is 1. The van der Waals surface area contributed by atoms with E-state index in [-0.39, 0.29) is 28.4 Å². The van der Waals surface area contributed by atoms with E-state index < -0.39 is 0 Å². The topological polar surface area (TPSA) is 94.0 Å². The van der Waals surface area contributed by atoms with Crippen LogP contribution in [0.4, 0.5) is 5.69 Å². The maximum atomic E-state index is 11.7. The molecule has 0 bridgehead atoms. The van der Waals surface area contributed by atoms with E-state index in [9.17, 15) is 15.0 Å². The maximum absolute atomic E-state index is 11.7. The van der Waals surface area contributed by atoms with Crippen molar-refractivity contribution in [3.8, 4) is 11.5 Å². The van der Waals surface area contributed by atoms with E-state index in [1.54, 1.807) is 6.07 Å². The lowest BCUT2D eigenvalue weighted by Gasteiger charge is -2.07. The van der Waals surface area contributed by atoms with Crippen LogP contribution in [0.15, 0.2) is 44.4 Å². The van der Waals surface area contributed by atoms with Gasteiger partial charge in [-0.25, -0.2) is 5.43 Å². The van der Waals surface area contributed by atoms with E-state index in [4.69, 9.17) is 0 Å². The predicted molar refractivity (Wildman–Crippen MR) is 101 cm³/mol. The van der Waals surface area contributed by atoms with E-state index in [1.807, 2.05) is 31.2 Å². The van der Waals surface area contributed by atoms with Crippen molar-refractivity contribution in [3.05, 3.63) is 50.4 Å². The van der Waals surface area contributed by atoms with Gasteiger partial charge in [-0.3, -0.25) is 4.79 Å². The smallest absolute Gasteiger partial charge is 0.259 e. The number of phenolic OH excluding ortho intramolecular Hbond substituents is 2. The van der Waals surface area contributed by atoms with Crippen molar-refractivity contribution in [3.63, 3.8) is 0 Å². The third kappa shape index (κ3) is 4.72. The zero-order valence-corrected chi connectivity index (χ0v) is 15.8. The van der Waals surface area contributed by atoms with Crippen LogP contribution in [0.25, 0.3) is 0 Å². The third-order valence-electron chi connectivity index (χ3n) is 3.09. The molecule has 0 unspecified atom stereocenters. The van der Waals surface area contributed by atoms with E-state index in [1.165, 1.54) is 6.21 Å². The van der Waals surface area contributed by atoms with Gasteiger partial charge >= 0.3 is 0 Å². The monoisotopic (exact) mass is 455 g/mol. The minimum absolute atomic E-state index is 0.0755. The van der Waals surface area contributed by atoms with Crippen molar-refractivity contribution in [1.29, 1.82) is 0 Å². The zero-order chi connectivity index (χ0) is 17.7. The van der Waals surface area contributed by atoms with Crippen molar-refractivity contribution < 1.29 is 15.0 Å². The number of nitrogens with zero attached hydrogens (tertiary/aromatic N) is 1. The van der Waals surface area contributed by atoms with Gasteiger partial charge in [0, 0.05) is 11.3 Å². The standard InChI is InChI=1S/C16H15Br2N3O3/c1-9-2-4-11(5-3-9)19-8-13(22)21-20-7-10-6-12(17)15(23)16(24)14(10)18/h2-7,19,23-24H,8H2,1H3,(H,21,22)/b20-7+. The van der Waals surface area contributed by atoms with Crippen LogP contribution in [0.1, 0.15) is 11.1 Å². The molecule has 0 aliphatic rings. The highest BCUT2D eigenvalue weighted by Gasteiger charge is 2.12. The molecule has 0 aliphatic heterocycles. The number of aromatic hydroxyl groups is 2. The van der Waals surface area contributed by atoms with Crippen molar-refractivity contribution in [1.82, 2.24) is 5.43 Å². The van der Waals surface area contributed by atoms with Gasteiger partial charge in [-0.05, 0) is 57.0 Å². The van der Waals surface area contributed by atoms with Gasteiger partial charge in [0.25, 0.3) is 5.91 Å². The number of hydrogen-bond donors (Lipinski definition) is 4. The van der Waals surface area contributed by atoms with Crippen molar-refractivity contribution >= 4 is 49.7 Å². The number of carbonyl (C=O) groups is 1. The normalized spacial score (nSPS) is 10.8. The second-order valence-electron chi connectivity index (χ2n) is 4.97. The number of benzene rings is 2. The van der Waals surface area contributed by atoms with Crippen molar-refractivity contribution in [2.45, 2.75) is 6.92 Å². The van der Waals surface area contributed by atoms with Gasteiger partial charge in [-0.15, -0.1) is 0 Å². The molecule has 0 aliphatic carbocycles. The highest BCUT2D eigenvalue weighted by Crippen LogP contribution is 2.40. The molecule has 2 aromatic carbocycles. The molecule has 8 heteroatoms. The molecule has 6 nitrogen and oxygen atoms in total. The van der Waals surface area contributed by atoms with E-state index in [0.717, 1.165) is 11.3 Å². The Morgan fingerprint density at radius 1 is 1.21 bits per heavy atom. The summed E-state index contributed by atoms with van der Waals surface area (Å²) in [6.07, 6.45) is 1.36. The second kappa shape index (κ2) is 8.16. The molecule has 0 saturated carbocycles. The summed E-state index contributed by atoms with van der Waals surface area (Å²) < 4.78 is 0.594. The Morgan fingerprint density at radius 2 is 1.88 bits per heavy atom. The van der Waals surface area contributed by atoms with E-state index in [0.29, 0.717) is 10.0 Å². The van der Waals surface area contributed by atoms with Crippen LogP contribution in [-0.4, -0.2) is 28.9 Å². The fourth-order valence-corrected chi connectivity index (χ4v) is 2.62. The lowest BCUT2D eigenvalue weighted by atomic mass is 10.2. The number of halogens is 2. The molecule has 0 fully saturated rings. The molecule has 2 rings (SSSR count). The van der Waals surface area contributed by atoms with Crippen molar-refractivity contribution in [2.24, 2.45) is 5.10 Å². The van der Waals surface area contributed by atoms with Gasteiger partial charge in [0.05, 0.1) is 21.7 Å². The minimum Gasteiger partial charge on any atom is -0.503 e. The summed E-state index contributed by atoms with van der Waals surface area (Å²) in [4.78, 5) is 11.7. The SMILES string of the molecule is Cc1ccc(NCC(=O)N/N=C/c2cc(Br)c(O)c(O)c2Br)cc1. The molecule has 0 saturated heterocycles. The molecule has 0 aromatic heterocycles. The zero-order valence-electron chi connectivity index (χ0n) is 12.7. The molecule has 0 atom stereocenters. The number of hydrogen-bond acceptors (Lipinski definition) is 5. The molecular weight excluding hydrogens is 442 g/mol. The third-order valence-corrected chi connectivity index (χ3v) is 4.53. The first-order valence-electron chi connectivity index (χ1n) is 6.91. The molecular formula is C16H15Br2N3O3. The Bertz CT molecular complexity index is 777. The number of phenols is 2. The van der Waals surface area contributed by atoms with Gasteiger partial charge in [0.15, 0.2) is 11.5 Å². The van der Waals surface area contributed by atoms with E-state index in [2.05, 4.69) is 47.7 Å². The van der Waals surface area contributed by atoms with Crippen LogP contribution < -0.4 is 10.7 Å². The summed E-state index contributed by atoms with van der Waals surface area (Å²) in [5.74, 6) is -0.895. The Balaban J connectivity index is 1.92. The number of carbonyl (C=O) groups excluding carboxylic acids is 1. The molecule has 126 valence electrons. The second-order valence-corrected chi connectivity index (χ2v) is 6.62.